The normalized spacial score (nSPS) is 23.4. The van der Waals surface area contributed by atoms with E-state index in [9.17, 15) is 0 Å². The van der Waals surface area contributed by atoms with Crippen LogP contribution in [0.15, 0.2) is 23.2 Å². The number of rotatable bonds is 7. The quantitative estimate of drug-likeness (QED) is 0.530. The fourth-order valence-electron chi connectivity index (χ4n) is 4.85. The third-order valence-corrected chi connectivity index (χ3v) is 6.63. The van der Waals surface area contributed by atoms with Gasteiger partial charge in [-0.05, 0) is 51.2 Å². The molecule has 4 rings (SSSR count). The SMILES string of the molecule is CCNC(=NCc1ccc(OC)cc1OC1CCCC1)N1CCC(N2CCOCC2)C1. The number of benzene rings is 1. The number of likely N-dealkylation sites (tertiary alicyclic amines) is 1. The molecule has 1 aliphatic carbocycles. The zero-order chi connectivity index (χ0) is 21.5. The van der Waals surface area contributed by atoms with Gasteiger partial charge in [0.25, 0.3) is 0 Å². The first kappa shape index (κ1) is 22.2. The Labute approximate surface area is 186 Å². The molecule has 1 N–H and O–H groups in total. The van der Waals surface area contributed by atoms with Crippen molar-refractivity contribution in [3.63, 3.8) is 0 Å². The highest BCUT2D eigenvalue weighted by Crippen LogP contribution is 2.30. The fraction of sp³-hybridized carbons (Fsp3) is 0.708. The lowest BCUT2D eigenvalue weighted by atomic mass is 10.2. The Hall–Kier alpha value is -1.99. The van der Waals surface area contributed by atoms with Crippen LogP contribution in [0.4, 0.5) is 0 Å². The summed E-state index contributed by atoms with van der Waals surface area (Å²) in [6.07, 6.45) is 6.29. The molecule has 0 amide bonds. The second-order valence-corrected chi connectivity index (χ2v) is 8.70. The van der Waals surface area contributed by atoms with Gasteiger partial charge in [0.2, 0.25) is 0 Å². The minimum Gasteiger partial charge on any atom is -0.497 e. The molecule has 31 heavy (non-hydrogen) atoms. The number of hydrogen-bond acceptors (Lipinski definition) is 5. The molecule has 0 spiro atoms. The van der Waals surface area contributed by atoms with Gasteiger partial charge in [-0.1, -0.05) is 0 Å². The van der Waals surface area contributed by atoms with Crippen molar-refractivity contribution >= 4 is 5.96 Å². The number of nitrogens with one attached hydrogen (secondary N) is 1. The molecule has 0 radical (unpaired) electrons. The van der Waals surface area contributed by atoms with Crippen LogP contribution in [-0.2, 0) is 11.3 Å². The topological polar surface area (TPSA) is 58.6 Å². The van der Waals surface area contributed by atoms with Crippen molar-refractivity contribution in [2.45, 2.75) is 57.7 Å². The molecule has 1 saturated carbocycles. The van der Waals surface area contributed by atoms with Crippen LogP contribution in [0.2, 0.25) is 0 Å². The summed E-state index contributed by atoms with van der Waals surface area (Å²) in [6, 6.07) is 6.70. The van der Waals surface area contributed by atoms with E-state index < -0.39 is 0 Å². The smallest absolute Gasteiger partial charge is 0.194 e. The van der Waals surface area contributed by atoms with Crippen molar-refractivity contribution in [2.75, 3.05) is 53.0 Å². The Morgan fingerprint density at radius 2 is 1.97 bits per heavy atom. The summed E-state index contributed by atoms with van der Waals surface area (Å²) in [7, 11) is 1.70. The Balaban J connectivity index is 1.44. The van der Waals surface area contributed by atoms with Crippen molar-refractivity contribution in [3.8, 4) is 11.5 Å². The van der Waals surface area contributed by atoms with Crippen LogP contribution < -0.4 is 14.8 Å². The zero-order valence-corrected chi connectivity index (χ0v) is 19.1. The number of aliphatic imine (C=N–C) groups is 1. The lowest BCUT2D eigenvalue weighted by molar-refractivity contribution is 0.0195. The van der Waals surface area contributed by atoms with E-state index >= 15 is 0 Å². The average molecular weight is 431 g/mol. The Bertz CT molecular complexity index is 730. The molecule has 1 atom stereocenters. The van der Waals surface area contributed by atoms with E-state index in [-0.39, 0.29) is 0 Å². The van der Waals surface area contributed by atoms with Gasteiger partial charge in [0.05, 0.1) is 33.0 Å². The van der Waals surface area contributed by atoms with Gasteiger partial charge in [-0.2, -0.15) is 0 Å². The van der Waals surface area contributed by atoms with Gasteiger partial charge in [0, 0.05) is 50.4 Å². The van der Waals surface area contributed by atoms with Crippen molar-refractivity contribution < 1.29 is 14.2 Å². The molecule has 172 valence electrons. The van der Waals surface area contributed by atoms with E-state index in [1.165, 1.54) is 19.3 Å². The number of methoxy groups -OCH3 is 1. The molecule has 1 aromatic carbocycles. The van der Waals surface area contributed by atoms with Crippen LogP contribution in [0, 0.1) is 0 Å². The van der Waals surface area contributed by atoms with Crippen LogP contribution in [0.1, 0.15) is 44.6 Å². The molecule has 0 aromatic heterocycles. The maximum Gasteiger partial charge on any atom is 0.194 e. The Kier molecular flexibility index (Phi) is 7.92. The number of morpholine rings is 1. The highest BCUT2D eigenvalue weighted by atomic mass is 16.5. The summed E-state index contributed by atoms with van der Waals surface area (Å²) < 4.78 is 17.3. The summed E-state index contributed by atoms with van der Waals surface area (Å²) >= 11 is 0. The third kappa shape index (κ3) is 5.83. The molecule has 2 saturated heterocycles. The molecule has 7 heteroatoms. The lowest BCUT2D eigenvalue weighted by Crippen LogP contribution is -2.46. The summed E-state index contributed by atoms with van der Waals surface area (Å²) in [5.41, 5.74) is 1.12. The zero-order valence-electron chi connectivity index (χ0n) is 19.1. The number of hydrogen-bond donors (Lipinski definition) is 1. The van der Waals surface area contributed by atoms with Crippen molar-refractivity contribution in [2.24, 2.45) is 4.99 Å². The third-order valence-electron chi connectivity index (χ3n) is 6.63. The molecule has 2 heterocycles. The van der Waals surface area contributed by atoms with E-state index in [0.29, 0.717) is 18.7 Å². The molecule has 2 aliphatic heterocycles. The van der Waals surface area contributed by atoms with Gasteiger partial charge in [-0.3, -0.25) is 4.90 Å². The molecular weight excluding hydrogens is 392 g/mol. The van der Waals surface area contributed by atoms with Crippen LogP contribution in [-0.4, -0.2) is 81.0 Å². The first-order chi connectivity index (χ1) is 15.3. The van der Waals surface area contributed by atoms with E-state index in [0.717, 1.165) is 81.8 Å². The van der Waals surface area contributed by atoms with Gasteiger partial charge >= 0.3 is 0 Å². The predicted molar refractivity (Wildman–Crippen MR) is 123 cm³/mol. The summed E-state index contributed by atoms with van der Waals surface area (Å²) in [6.45, 7) is 9.46. The van der Waals surface area contributed by atoms with E-state index in [2.05, 4.69) is 28.1 Å². The lowest BCUT2D eigenvalue weighted by Gasteiger charge is -2.32. The minimum atomic E-state index is 0.316. The first-order valence-electron chi connectivity index (χ1n) is 12.0. The van der Waals surface area contributed by atoms with Gasteiger partial charge in [-0.15, -0.1) is 0 Å². The van der Waals surface area contributed by atoms with Crippen molar-refractivity contribution in [1.29, 1.82) is 0 Å². The van der Waals surface area contributed by atoms with Crippen LogP contribution in [0.25, 0.3) is 0 Å². The highest BCUT2D eigenvalue weighted by Gasteiger charge is 2.30. The summed E-state index contributed by atoms with van der Waals surface area (Å²) in [4.78, 5) is 9.98. The molecule has 7 nitrogen and oxygen atoms in total. The molecule has 0 bridgehead atoms. The molecule has 1 aromatic rings. The largest absolute Gasteiger partial charge is 0.497 e. The van der Waals surface area contributed by atoms with E-state index in [1.807, 2.05) is 12.1 Å². The van der Waals surface area contributed by atoms with Crippen LogP contribution in [0.5, 0.6) is 11.5 Å². The Morgan fingerprint density at radius 1 is 1.16 bits per heavy atom. The average Bonchev–Trinajstić information content (AvgIpc) is 3.50. The molecule has 1 unspecified atom stereocenters. The minimum absolute atomic E-state index is 0.316. The molecule has 3 fully saturated rings. The number of nitrogens with zero attached hydrogens (tertiary/aromatic N) is 3. The van der Waals surface area contributed by atoms with Crippen molar-refractivity contribution in [3.05, 3.63) is 23.8 Å². The first-order valence-corrected chi connectivity index (χ1v) is 12.0. The molecular formula is C24H38N4O3. The number of guanidine groups is 1. The maximum absolute atomic E-state index is 6.36. The van der Waals surface area contributed by atoms with Crippen LogP contribution in [0.3, 0.4) is 0 Å². The number of ether oxygens (including phenoxy) is 3. The second-order valence-electron chi connectivity index (χ2n) is 8.70. The van der Waals surface area contributed by atoms with Gasteiger partial charge in [0.1, 0.15) is 11.5 Å². The molecule has 3 aliphatic rings. The van der Waals surface area contributed by atoms with Crippen LogP contribution >= 0.6 is 0 Å². The fourth-order valence-corrected chi connectivity index (χ4v) is 4.85. The summed E-state index contributed by atoms with van der Waals surface area (Å²) in [5.74, 6) is 2.75. The predicted octanol–water partition coefficient (Wildman–Crippen LogP) is 2.89. The monoisotopic (exact) mass is 430 g/mol. The van der Waals surface area contributed by atoms with E-state index in [1.54, 1.807) is 7.11 Å². The standard InChI is InChI=1S/C24H38N4O3/c1-3-25-24(28-11-10-20(18-28)27-12-14-30-15-13-27)26-17-19-8-9-22(29-2)16-23(19)31-21-6-4-5-7-21/h8-9,16,20-21H,3-7,10-15,17-18H2,1-2H3,(H,25,26). The van der Waals surface area contributed by atoms with E-state index in [4.69, 9.17) is 19.2 Å². The highest BCUT2D eigenvalue weighted by molar-refractivity contribution is 5.80. The van der Waals surface area contributed by atoms with Gasteiger partial charge in [-0.25, -0.2) is 4.99 Å². The second kappa shape index (κ2) is 11.0. The van der Waals surface area contributed by atoms with Crippen molar-refractivity contribution in [1.82, 2.24) is 15.1 Å². The van der Waals surface area contributed by atoms with Gasteiger partial charge < -0.3 is 24.4 Å². The van der Waals surface area contributed by atoms with Gasteiger partial charge in [0.15, 0.2) is 5.96 Å². The Morgan fingerprint density at radius 3 is 2.71 bits per heavy atom. The summed E-state index contributed by atoms with van der Waals surface area (Å²) in [5, 5.41) is 3.50. The maximum atomic E-state index is 6.36.